The van der Waals surface area contributed by atoms with Crippen LogP contribution in [0, 0.1) is 0 Å². The van der Waals surface area contributed by atoms with Gasteiger partial charge in [-0.15, -0.1) is 0 Å². The van der Waals surface area contributed by atoms with Crippen molar-refractivity contribution in [3.63, 3.8) is 0 Å². The number of benzene rings is 1. The highest BCUT2D eigenvalue weighted by atomic mass is 32.2. The van der Waals surface area contributed by atoms with Crippen LogP contribution in [0.3, 0.4) is 0 Å². The molecule has 0 aliphatic rings. The average Bonchev–Trinajstić information content (AvgIpc) is 2.41. The molecule has 9 heteroatoms. The van der Waals surface area contributed by atoms with Gasteiger partial charge < -0.3 is 9.84 Å². The van der Waals surface area contributed by atoms with Gasteiger partial charge in [0.15, 0.2) is 6.61 Å². The Hall–Kier alpha value is -1.45. The minimum Gasteiger partial charge on any atom is -0.482 e. The third-order valence-electron chi connectivity index (χ3n) is 2.40. The summed E-state index contributed by atoms with van der Waals surface area (Å²) in [6.07, 6.45) is 2.05. The van der Waals surface area contributed by atoms with E-state index in [1.165, 1.54) is 24.3 Å². The molecule has 1 aromatic carbocycles. The summed E-state index contributed by atoms with van der Waals surface area (Å²) < 4.78 is 42.0. The Labute approximate surface area is 125 Å². The topological polar surface area (TPSA) is 110 Å². The fourth-order valence-corrected chi connectivity index (χ4v) is 3.05. The molecule has 0 heterocycles. The second kappa shape index (κ2) is 8.11. The van der Waals surface area contributed by atoms with Crippen molar-refractivity contribution in [2.24, 2.45) is 0 Å². The lowest BCUT2D eigenvalue weighted by Crippen LogP contribution is -2.25. The number of carbonyl (C=O) groups is 1. The molecule has 0 aliphatic heterocycles. The minimum atomic E-state index is -3.63. The van der Waals surface area contributed by atoms with Crippen LogP contribution in [0.4, 0.5) is 0 Å². The summed E-state index contributed by atoms with van der Waals surface area (Å²) in [5, 5.41) is 8.47. The van der Waals surface area contributed by atoms with Gasteiger partial charge in [-0.3, -0.25) is 4.21 Å². The number of carboxylic acids is 1. The molecule has 2 N–H and O–H groups in total. The summed E-state index contributed by atoms with van der Waals surface area (Å²) in [6.45, 7) is -0.280. The molecule has 0 saturated heterocycles. The maximum absolute atomic E-state index is 11.9. The molecule has 1 atom stereocenters. The van der Waals surface area contributed by atoms with Crippen molar-refractivity contribution in [2.75, 3.05) is 25.2 Å². The molecule has 1 aromatic rings. The quantitative estimate of drug-likeness (QED) is 0.624. The van der Waals surface area contributed by atoms with Gasteiger partial charge in [0, 0.05) is 29.4 Å². The highest BCUT2D eigenvalue weighted by Crippen LogP contribution is 2.15. The van der Waals surface area contributed by atoms with Gasteiger partial charge in [0.1, 0.15) is 5.75 Å². The van der Waals surface area contributed by atoms with E-state index in [4.69, 9.17) is 9.84 Å². The minimum absolute atomic E-state index is 0.0581. The lowest BCUT2D eigenvalue weighted by atomic mass is 10.3. The van der Waals surface area contributed by atoms with Crippen molar-refractivity contribution in [3.05, 3.63) is 24.3 Å². The second-order valence-corrected chi connectivity index (χ2v) is 7.50. The molecule has 7 nitrogen and oxygen atoms in total. The summed E-state index contributed by atoms with van der Waals surface area (Å²) in [4.78, 5) is 10.4. The number of ether oxygens (including phenoxy) is 1. The van der Waals surface area contributed by atoms with Crippen LogP contribution in [0.25, 0.3) is 0 Å². The van der Waals surface area contributed by atoms with Crippen LogP contribution in [0.5, 0.6) is 5.75 Å². The Balaban J connectivity index is 2.58. The fourth-order valence-electron chi connectivity index (χ4n) is 1.43. The maximum atomic E-state index is 11.9. The number of hydrogen-bond donors (Lipinski definition) is 2. The SMILES string of the molecule is CS(=O)CCCNS(=O)(=O)c1ccc(OCC(=O)O)cc1. The van der Waals surface area contributed by atoms with Crippen LogP contribution in [-0.2, 0) is 25.6 Å². The lowest BCUT2D eigenvalue weighted by Gasteiger charge is -2.07. The summed E-state index contributed by atoms with van der Waals surface area (Å²) >= 11 is 0. The van der Waals surface area contributed by atoms with E-state index in [9.17, 15) is 17.4 Å². The van der Waals surface area contributed by atoms with E-state index in [-0.39, 0.29) is 17.2 Å². The molecule has 21 heavy (non-hydrogen) atoms. The molecule has 0 bridgehead atoms. The zero-order chi connectivity index (χ0) is 15.9. The molecular formula is C12H17NO6S2. The monoisotopic (exact) mass is 335 g/mol. The van der Waals surface area contributed by atoms with E-state index in [0.717, 1.165) is 0 Å². The van der Waals surface area contributed by atoms with E-state index in [2.05, 4.69) is 4.72 Å². The molecule has 0 aromatic heterocycles. The number of carboxylic acid groups (broad SMARTS) is 1. The first-order valence-corrected chi connectivity index (χ1v) is 9.26. The summed E-state index contributed by atoms with van der Waals surface area (Å²) in [5.41, 5.74) is 0. The summed E-state index contributed by atoms with van der Waals surface area (Å²) in [7, 11) is -4.57. The first kappa shape index (κ1) is 17.6. The van der Waals surface area contributed by atoms with Gasteiger partial charge in [-0.1, -0.05) is 0 Å². The molecule has 0 radical (unpaired) electrons. The summed E-state index contributed by atoms with van der Waals surface area (Å²) in [5.74, 6) is -0.399. The molecule has 0 spiro atoms. The fraction of sp³-hybridized carbons (Fsp3) is 0.417. The zero-order valence-corrected chi connectivity index (χ0v) is 13.1. The number of hydrogen-bond acceptors (Lipinski definition) is 5. The average molecular weight is 335 g/mol. The normalized spacial score (nSPS) is 12.8. The smallest absolute Gasteiger partial charge is 0.341 e. The molecular weight excluding hydrogens is 318 g/mol. The van der Waals surface area contributed by atoms with Gasteiger partial charge in [0.25, 0.3) is 0 Å². The third-order valence-corrected chi connectivity index (χ3v) is 4.74. The van der Waals surface area contributed by atoms with Crippen LogP contribution in [0.2, 0.25) is 0 Å². The van der Waals surface area contributed by atoms with Crippen molar-refractivity contribution in [1.82, 2.24) is 4.72 Å². The maximum Gasteiger partial charge on any atom is 0.341 e. The Kier molecular flexibility index (Phi) is 6.79. The van der Waals surface area contributed by atoms with E-state index in [1.54, 1.807) is 6.26 Å². The molecule has 0 amide bonds. The standard InChI is InChI=1S/C12H17NO6S2/c1-20(16)8-2-7-13-21(17,18)11-5-3-10(4-6-11)19-9-12(14)15/h3-6,13H,2,7-9H2,1H3,(H,14,15). The number of nitrogens with one attached hydrogen (secondary N) is 1. The Morgan fingerprint density at radius 1 is 1.33 bits per heavy atom. The van der Waals surface area contributed by atoms with Crippen molar-refractivity contribution in [1.29, 1.82) is 0 Å². The number of rotatable bonds is 9. The number of aliphatic carboxylic acids is 1. The van der Waals surface area contributed by atoms with Crippen molar-refractivity contribution < 1.29 is 27.3 Å². The summed E-state index contributed by atoms with van der Waals surface area (Å²) in [6, 6.07) is 5.44. The van der Waals surface area contributed by atoms with E-state index in [0.29, 0.717) is 12.2 Å². The predicted molar refractivity (Wildman–Crippen MR) is 78.3 cm³/mol. The molecule has 0 fully saturated rings. The Morgan fingerprint density at radius 3 is 2.48 bits per heavy atom. The molecule has 118 valence electrons. The molecule has 1 unspecified atom stereocenters. The third kappa shape index (κ3) is 6.69. The zero-order valence-electron chi connectivity index (χ0n) is 11.4. The highest BCUT2D eigenvalue weighted by Gasteiger charge is 2.13. The van der Waals surface area contributed by atoms with Crippen LogP contribution in [0.1, 0.15) is 6.42 Å². The first-order chi connectivity index (χ1) is 9.81. The van der Waals surface area contributed by atoms with Crippen LogP contribution in [0.15, 0.2) is 29.2 Å². The van der Waals surface area contributed by atoms with Gasteiger partial charge in [-0.05, 0) is 30.7 Å². The first-order valence-electron chi connectivity index (χ1n) is 6.05. The Bertz CT molecular complexity index is 597. The van der Waals surface area contributed by atoms with Gasteiger partial charge in [-0.2, -0.15) is 0 Å². The van der Waals surface area contributed by atoms with E-state index >= 15 is 0 Å². The van der Waals surface area contributed by atoms with Gasteiger partial charge >= 0.3 is 5.97 Å². The van der Waals surface area contributed by atoms with Gasteiger partial charge in [0.2, 0.25) is 10.0 Å². The molecule has 0 saturated carbocycles. The van der Waals surface area contributed by atoms with Crippen LogP contribution < -0.4 is 9.46 Å². The van der Waals surface area contributed by atoms with E-state index < -0.39 is 33.4 Å². The lowest BCUT2D eigenvalue weighted by molar-refractivity contribution is -0.139. The largest absolute Gasteiger partial charge is 0.482 e. The molecule has 0 aliphatic carbocycles. The Morgan fingerprint density at radius 2 is 1.95 bits per heavy atom. The van der Waals surface area contributed by atoms with Crippen molar-refractivity contribution in [3.8, 4) is 5.75 Å². The number of sulfonamides is 1. The predicted octanol–water partition coefficient (Wildman–Crippen LogP) is 0.197. The van der Waals surface area contributed by atoms with Crippen LogP contribution >= 0.6 is 0 Å². The molecule has 1 rings (SSSR count). The van der Waals surface area contributed by atoms with Gasteiger partial charge in [-0.25, -0.2) is 17.9 Å². The highest BCUT2D eigenvalue weighted by molar-refractivity contribution is 7.89. The van der Waals surface area contributed by atoms with Crippen molar-refractivity contribution >= 4 is 26.8 Å². The second-order valence-electron chi connectivity index (χ2n) is 4.18. The van der Waals surface area contributed by atoms with E-state index in [1.807, 2.05) is 0 Å². The van der Waals surface area contributed by atoms with Gasteiger partial charge in [0.05, 0.1) is 4.90 Å². The van der Waals surface area contributed by atoms with Crippen molar-refractivity contribution in [2.45, 2.75) is 11.3 Å². The van der Waals surface area contributed by atoms with Crippen LogP contribution in [-0.4, -0.2) is 48.9 Å².